The van der Waals surface area contributed by atoms with Crippen LogP contribution in [0, 0.1) is 0 Å². The molecule has 36 heavy (non-hydrogen) atoms. The molecule has 1 aliphatic heterocycles. The van der Waals surface area contributed by atoms with Crippen LogP contribution in [-0.2, 0) is 14.3 Å². The normalized spacial score (nSPS) is 21.9. The summed E-state index contributed by atoms with van der Waals surface area (Å²) in [5, 5.41) is 19.9. The van der Waals surface area contributed by atoms with Crippen molar-refractivity contribution in [2.45, 2.75) is 121 Å². The van der Waals surface area contributed by atoms with Gasteiger partial charge in [-0.3, -0.25) is 19.1 Å². The van der Waals surface area contributed by atoms with Gasteiger partial charge < -0.3 is 19.7 Å². The number of aromatic amines is 1. The number of nitrogens with zero attached hydrogens (tertiary/aromatic N) is 1. The van der Waals surface area contributed by atoms with Crippen LogP contribution in [-0.4, -0.2) is 50.7 Å². The van der Waals surface area contributed by atoms with E-state index >= 15 is 0 Å². The minimum atomic E-state index is -1.29. The molecule has 1 aromatic rings. The van der Waals surface area contributed by atoms with Gasteiger partial charge in [0.2, 0.25) is 0 Å². The van der Waals surface area contributed by atoms with E-state index in [2.05, 4.69) is 24.1 Å². The Bertz CT molecular complexity index is 895. The van der Waals surface area contributed by atoms with Crippen LogP contribution < -0.4 is 11.2 Å². The fourth-order valence-electron chi connectivity index (χ4n) is 4.40. The van der Waals surface area contributed by atoms with Gasteiger partial charge in [-0.1, -0.05) is 70.4 Å². The molecule has 0 radical (unpaired) electrons. The van der Waals surface area contributed by atoms with Gasteiger partial charge in [-0.05, 0) is 32.1 Å². The monoisotopic (exact) mass is 508 g/mol. The number of rotatable bonds is 18. The quantitative estimate of drug-likeness (QED) is 0.156. The summed E-state index contributed by atoms with van der Waals surface area (Å²) in [7, 11) is 0. The minimum Gasteiger partial charge on any atom is -0.455 e. The lowest BCUT2D eigenvalue weighted by molar-refractivity contribution is -0.159. The van der Waals surface area contributed by atoms with Crippen LogP contribution in [0.2, 0.25) is 0 Å². The molecule has 0 aromatic carbocycles. The summed E-state index contributed by atoms with van der Waals surface area (Å²) in [6, 6.07) is 1.13. The Hall–Kier alpha value is -2.23. The minimum absolute atomic E-state index is 0.193. The van der Waals surface area contributed by atoms with E-state index in [0.717, 1.165) is 42.7 Å². The zero-order valence-corrected chi connectivity index (χ0v) is 21.6. The lowest BCUT2D eigenvalue weighted by atomic mass is 10.1. The van der Waals surface area contributed by atoms with E-state index in [0.29, 0.717) is 6.42 Å². The molecule has 0 saturated carbocycles. The van der Waals surface area contributed by atoms with Gasteiger partial charge in [0.25, 0.3) is 5.56 Å². The molecular weight excluding hydrogens is 464 g/mol. The van der Waals surface area contributed by atoms with Gasteiger partial charge in [0.1, 0.15) is 12.2 Å². The van der Waals surface area contributed by atoms with E-state index in [1.165, 1.54) is 51.1 Å². The van der Waals surface area contributed by atoms with Crippen molar-refractivity contribution in [2.75, 3.05) is 6.61 Å². The van der Waals surface area contributed by atoms with E-state index < -0.39 is 48.4 Å². The van der Waals surface area contributed by atoms with Crippen molar-refractivity contribution >= 4 is 5.97 Å². The summed E-state index contributed by atoms with van der Waals surface area (Å²) in [5.74, 6) is -0.499. The zero-order chi connectivity index (χ0) is 26.2. The maximum absolute atomic E-state index is 12.4. The number of carbonyl (C=O) groups is 1. The number of unbranched alkanes of at least 4 members (excludes halogenated alkanes) is 11. The third-order valence-corrected chi connectivity index (χ3v) is 6.53. The van der Waals surface area contributed by atoms with Gasteiger partial charge in [-0.15, -0.1) is 0 Å². The molecule has 0 amide bonds. The van der Waals surface area contributed by atoms with E-state index in [4.69, 9.17) is 9.47 Å². The second-order valence-electron chi connectivity index (χ2n) is 9.54. The van der Waals surface area contributed by atoms with E-state index in [1.54, 1.807) is 0 Å². The first-order chi connectivity index (χ1) is 17.5. The Morgan fingerprint density at radius 2 is 1.64 bits per heavy atom. The number of aliphatic hydroxyl groups excluding tert-OH is 2. The van der Waals surface area contributed by atoms with Crippen LogP contribution in [0.3, 0.4) is 0 Å². The van der Waals surface area contributed by atoms with Crippen molar-refractivity contribution in [3.63, 3.8) is 0 Å². The van der Waals surface area contributed by atoms with Crippen LogP contribution in [0.25, 0.3) is 0 Å². The number of carbonyl (C=O) groups excluding carboxylic acids is 1. The highest BCUT2D eigenvalue weighted by Gasteiger charge is 2.47. The van der Waals surface area contributed by atoms with Crippen molar-refractivity contribution in [2.24, 2.45) is 0 Å². The third-order valence-electron chi connectivity index (χ3n) is 6.53. The van der Waals surface area contributed by atoms with Crippen LogP contribution in [0.5, 0.6) is 0 Å². The molecule has 1 saturated heterocycles. The highest BCUT2D eigenvalue weighted by atomic mass is 16.6. The number of ether oxygens (including phenoxy) is 2. The summed E-state index contributed by atoms with van der Waals surface area (Å²) in [6.07, 6.45) is 16.5. The number of hydrogen-bond acceptors (Lipinski definition) is 7. The second-order valence-corrected chi connectivity index (χ2v) is 9.54. The number of H-pyrrole nitrogens is 1. The van der Waals surface area contributed by atoms with Gasteiger partial charge in [0.15, 0.2) is 12.3 Å². The van der Waals surface area contributed by atoms with Crippen molar-refractivity contribution in [3.8, 4) is 0 Å². The number of allylic oxidation sites excluding steroid dienone is 2. The molecule has 1 aliphatic rings. The second kappa shape index (κ2) is 17.3. The lowest BCUT2D eigenvalue weighted by Gasteiger charge is -2.22. The Kier molecular flexibility index (Phi) is 14.4. The highest BCUT2D eigenvalue weighted by Crippen LogP contribution is 2.31. The predicted molar refractivity (Wildman–Crippen MR) is 138 cm³/mol. The lowest BCUT2D eigenvalue weighted by Crippen LogP contribution is -2.40. The fraction of sp³-hybridized carbons (Fsp3) is 0.741. The Labute approximate surface area is 213 Å². The van der Waals surface area contributed by atoms with Crippen molar-refractivity contribution in [3.05, 3.63) is 45.3 Å². The fourth-order valence-corrected chi connectivity index (χ4v) is 4.40. The summed E-state index contributed by atoms with van der Waals surface area (Å²) in [6.45, 7) is 1.74. The number of aliphatic hydroxyl groups is 2. The maximum atomic E-state index is 12.4. The van der Waals surface area contributed by atoms with Gasteiger partial charge >= 0.3 is 11.7 Å². The van der Waals surface area contributed by atoms with E-state index in [9.17, 15) is 24.6 Å². The molecule has 0 unspecified atom stereocenters. The molecule has 2 heterocycles. The topological polar surface area (TPSA) is 131 Å². The standard InChI is InChI=1S/C27H44N2O7/c1-2-3-4-5-6-7-8-9-10-11-12-13-14-15-16-17-23(32)36-25-24(33)21(20-30)35-26(25)29-19-18-22(31)28-27(29)34/h9-10,18-19,21,24-26,30,33H,2-8,11-17,20H2,1H3,(H,28,31,34)/b10-9-/t21-,24-,25-,26-/m1/s1. The van der Waals surface area contributed by atoms with Crippen LogP contribution >= 0.6 is 0 Å². The molecular formula is C27H44N2O7. The maximum Gasteiger partial charge on any atom is 0.330 e. The van der Waals surface area contributed by atoms with Gasteiger partial charge in [-0.2, -0.15) is 0 Å². The third kappa shape index (κ3) is 10.4. The van der Waals surface area contributed by atoms with Crippen LogP contribution in [0.15, 0.2) is 34.0 Å². The summed E-state index contributed by atoms with van der Waals surface area (Å²) in [4.78, 5) is 37.9. The molecule has 0 aliphatic carbocycles. The van der Waals surface area contributed by atoms with Gasteiger partial charge in [0, 0.05) is 18.7 Å². The first-order valence-electron chi connectivity index (χ1n) is 13.6. The molecule has 1 fully saturated rings. The van der Waals surface area contributed by atoms with Crippen LogP contribution in [0.1, 0.15) is 103 Å². The molecule has 204 valence electrons. The summed E-state index contributed by atoms with van der Waals surface area (Å²) >= 11 is 0. The molecule has 0 spiro atoms. The van der Waals surface area contributed by atoms with Crippen molar-refractivity contribution < 1.29 is 24.5 Å². The smallest absolute Gasteiger partial charge is 0.330 e. The molecule has 3 N–H and O–H groups in total. The first kappa shape index (κ1) is 30.0. The van der Waals surface area contributed by atoms with E-state index in [-0.39, 0.29) is 6.42 Å². The van der Waals surface area contributed by atoms with Gasteiger partial charge in [-0.25, -0.2) is 4.79 Å². The molecule has 4 atom stereocenters. The van der Waals surface area contributed by atoms with Crippen molar-refractivity contribution in [1.82, 2.24) is 9.55 Å². The van der Waals surface area contributed by atoms with Gasteiger partial charge in [0.05, 0.1) is 6.61 Å². The average Bonchev–Trinajstić information content (AvgIpc) is 3.16. The number of hydrogen-bond donors (Lipinski definition) is 3. The molecule has 0 bridgehead atoms. The predicted octanol–water partition coefficient (Wildman–Crippen LogP) is 3.74. The molecule has 9 nitrogen and oxygen atoms in total. The summed E-state index contributed by atoms with van der Waals surface area (Å²) < 4.78 is 12.0. The average molecular weight is 509 g/mol. The molecule has 1 aromatic heterocycles. The summed E-state index contributed by atoms with van der Waals surface area (Å²) in [5.41, 5.74) is -1.33. The first-order valence-corrected chi connectivity index (χ1v) is 13.6. The SMILES string of the molecule is CCCCCCCC/C=C\CCCCCCCC(=O)O[C@@H]1[C@H](O)[C@@H](CO)O[C@H]1n1ccc(=O)[nH]c1=O. The number of nitrogens with one attached hydrogen (secondary N) is 1. The van der Waals surface area contributed by atoms with E-state index in [1.807, 2.05) is 0 Å². The van der Waals surface area contributed by atoms with Crippen molar-refractivity contribution in [1.29, 1.82) is 0 Å². The Balaban J connectivity index is 1.62. The largest absolute Gasteiger partial charge is 0.455 e. The Morgan fingerprint density at radius 3 is 2.25 bits per heavy atom. The zero-order valence-electron chi connectivity index (χ0n) is 21.6. The Morgan fingerprint density at radius 1 is 1.03 bits per heavy atom. The van der Waals surface area contributed by atoms with Crippen LogP contribution in [0.4, 0.5) is 0 Å². The number of esters is 1. The number of aromatic nitrogens is 2. The molecule has 2 rings (SSSR count). The highest BCUT2D eigenvalue weighted by molar-refractivity contribution is 5.69. The molecule has 9 heteroatoms.